The van der Waals surface area contributed by atoms with Crippen LogP contribution in [-0.4, -0.2) is 15.7 Å². The molecule has 0 spiro atoms. The highest BCUT2D eigenvalue weighted by Crippen LogP contribution is 2.22. The number of nitrogens with one attached hydrogen (secondary N) is 1. The second kappa shape index (κ2) is 7.27. The summed E-state index contributed by atoms with van der Waals surface area (Å²) in [6.07, 6.45) is 1.70. The number of anilines is 1. The number of hydrogen-bond acceptors (Lipinski definition) is 2. The average molecular weight is 453 g/mol. The van der Waals surface area contributed by atoms with Gasteiger partial charge in [0.25, 0.3) is 5.91 Å². The first kappa shape index (κ1) is 16.9. The minimum atomic E-state index is -0.288. The maximum Gasteiger partial charge on any atom is 0.256 e. The van der Waals surface area contributed by atoms with E-state index in [1.807, 2.05) is 6.07 Å². The van der Waals surface area contributed by atoms with Gasteiger partial charge in [0.1, 0.15) is 5.82 Å². The third kappa shape index (κ3) is 3.91. The quantitative estimate of drug-likeness (QED) is 0.615. The molecule has 122 valence electrons. The van der Waals surface area contributed by atoms with Crippen LogP contribution in [0.1, 0.15) is 15.9 Å². The fourth-order valence-electron chi connectivity index (χ4n) is 2.17. The lowest BCUT2D eigenvalue weighted by atomic mass is 10.2. The first-order valence-electron chi connectivity index (χ1n) is 7.06. The zero-order chi connectivity index (χ0) is 17.1. The monoisotopic (exact) mass is 451 g/mol. The molecule has 0 bridgehead atoms. The SMILES string of the molecule is O=C(Nc1nn(Cc2ccccc2F)cc1Br)c1cccc(Br)c1. The molecule has 0 unspecified atom stereocenters. The van der Waals surface area contributed by atoms with Gasteiger partial charge in [0.15, 0.2) is 5.82 Å². The second-order valence-corrected chi connectivity index (χ2v) is 6.85. The van der Waals surface area contributed by atoms with Crippen LogP contribution in [-0.2, 0) is 6.54 Å². The first-order chi connectivity index (χ1) is 11.5. The number of nitrogens with zero attached hydrogens (tertiary/aromatic N) is 2. The van der Waals surface area contributed by atoms with Gasteiger partial charge in [-0.2, -0.15) is 5.10 Å². The van der Waals surface area contributed by atoms with E-state index < -0.39 is 0 Å². The molecule has 1 N–H and O–H groups in total. The molecule has 0 fully saturated rings. The lowest BCUT2D eigenvalue weighted by Crippen LogP contribution is -2.13. The van der Waals surface area contributed by atoms with Crippen LogP contribution in [0.4, 0.5) is 10.2 Å². The Kier molecular flexibility index (Phi) is 5.11. The molecule has 1 heterocycles. The Morgan fingerprint density at radius 2 is 1.96 bits per heavy atom. The Morgan fingerprint density at radius 3 is 2.71 bits per heavy atom. The predicted octanol–water partition coefficient (Wildman–Crippen LogP) is 4.85. The van der Waals surface area contributed by atoms with Crippen LogP contribution >= 0.6 is 31.9 Å². The second-order valence-electron chi connectivity index (χ2n) is 5.08. The molecule has 0 aliphatic carbocycles. The van der Waals surface area contributed by atoms with Gasteiger partial charge in [0.05, 0.1) is 11.0 Å². The molecule has 1 amide bonds. The van der Waals surface area contributed by atoms with E-state index in [4.69, 9.17) is 0 Å². The summed E-state index contributed by atoms with van der Waals surface area (Å²) in [5, 5.41) is 7.04. The molecule has 3 rings (SSSR count). The van der Waals surface area contributed by atoms with Gasteiger partial charge >= 0.3 is 0 Å². The molecule has 2 aromatic carbocycles. The maximum absolute atomic E-state index is 13.7. The predicted molar refractivity (Wildman–Crippen MR) is 97.5 cm³/mol. The summed E-state index contributed by atoms with van der Waals surface area (Å²) in [5.74, 6) is -0.173. The smallest absolute Gasteiger partial charge is 0.256 e. The van der Waals surface area contributed by atoms with E-state index in [1.165, 1.54) is 6.07 Å². The van der Waals surface area contributed by atoms with Gasteiger partial charge in [-0.1, -0.05) is 40.2 Å². The van der Waals surface area contributed by atoms with Crippen LogP contribution in [0.3, 0.4) is 0 Å². The van der Waals surface area contributed by atoms with Crippen LogP contribution < -0.4 is 5.32 Å². The fraction of sp³-hybridized carbons (Fsp3) is 0.0588. The van der Waals surface area contributed by atoms with E-state index in [1.54, 1.807) is 47.3 Å². The van der Waals surface area contributed by atoms with Crippen molar-refractivity contribution in [3.8, 4) is 0 Å². The summed E-state index contributed by atoms with van der Waals surface area (Å²) in [7, 11) is 0. The van der Waals surface area contributed by atoms with Crippen LogP contribution in [0.5, 0.6) is 0 Å². The summed E-state index contributed by atoms with van der Waals surface area (Å²) in [4.78, 5) is 12.3. The van der Waals surface area contributed by atoms with E-state index in [9.17, 15) is 9.18 Å². The van der Waals surface area contributed by atoms with Crippen molar-refractivity contribution in [3.05, 3.63) is 80.6 Å². The first-order valence-corrected chi connectivity index (χ1v) is 8.65. The third-order valence-electron chi connectivity index (χ3n) is 3.33. The molecular weight excluding hydrogens is 441 g/mol. The van der Waals surface area contributed by atoms with Crippen molar-refractivity contribution < 1.29 is 9.18 Å². The molecule has 0 saturated carbocycles. The molecule has 0 aliphatic heterocycles. The zero-order valence-corrected chi connectivity index (χ0v) is 15.5. The lowest BCUT2D eigenvalue weighted by molar-refractivity contribution is 0.102. The van der Waals surface area contributed by atoms with Crippen LogP contribution in [0.15, 0.2) is 63.7 Å². The summed E-state index contributed by atoms with van der Waals surface area (Å²) < 4.78 is 16.7. The lowest BCUT2D eigenvalue weighted by Gasteiger charge is -2.04. The average Bonchev–Trinajstić information content (AvgIpc) is 2.89. The summed E-state index contributed by atoms with van der Waals surface area (Å²) in [5.41, 5.74) is 1.04. The van der Waals surface area contributed by atoms with Crippen LogP contribution in [0, 0.1) is 5.82 Å². The van der Waals surface area contributed by atoms with Crippen molar-refractivity contribution in [1.82, 2.24) is 9.78 Å². The molecule has 4 nitrogen and oxygen atoms in total. The number of benzene rings is 2. The van der Waals surface area contributed by atoms with Crippen molar-refractivity contribution in [2.45, 2.75) is 6.54 Å². The van der Waals surface area contributed by atoms with E-state index >= 15 is 0 Å². The van der Waals surface area contributed by atoms with E-state index in [-0.39, 0.29) is 18.3 Å². The van der Waals surface area contributed by atoms with Gasteiger partial charge < -0.3 is 5.32 Å². The largest absolute Gasteiger partial charge is 0.304 e. The Labute approximate surface area is 154 Å². The highest BCUT2D eigenvalue weighted by molar-refractivity contribution is 9.10. The number of amides is 1. The molecule has 0 radical (unpaired) electrons. The number of aromatic nitrogens is 2. The Hall–Kier alpha value is -1.99. The topological polar surface area (TPSA) is 46.9 Å². The minimum Gasteiger partial charge on any atom is -0.304 e. The standard InChI is InChI=1S/C17H12Br2FN3O/c18-13-6-3-5-11(8-13)17(24)21-16-14(19)10-23(22-16)9-12-4-1-2-7-15(12)20/h1-8,10H,9H2,(H,21,22,24). The third-order valence-corrected chi connectivity index (χ3v) is 4.40. The van der Waals surface area contributed by atoms with Gasteiger partial charge in [-0.05, 0) is 40.2 Å². The molecule has 0 saturated heterocycles. The van der Waals surface area contributed by atoms with E-state index in [0.29, 0.717) is 21.4 Å². The molecule has 0 aliphatic rings. The van der Waals surface area contributed by atoms with Crippen molar-refractivity contribution in [1.29, 1.82) is 0 Å². The molecule has 3 aromatic rings. The highest BCUT2D eigenvalue weighted by Gasteiger charge is 2.13. The molecule has 24 heavy (non-hydrogen) atoms. The number of hydrogen-bond donors (Lipinski definition) is 1. The van der Waals surface area contributed by atoms with Gasteiger partial charge in [-0.3, -0.25) is 9.48 Å². The Balaban J connectivity index is 1.77. The van der Waals surface area contributed by atoms with Crippen molar-refractivity contribution in [2.75, 3.05) is 5.32 Å². The van der Waals surface area contributed by atoms with Gasteiger partial charge in [-0.15, -0.1) is 0 Å². The van der Waals surface area contributed by atoms with Gasteiger partial charge in [0, 0.05) is 21.8 Å². The Morgan fingerprint density at radius 1 is 1.17 bits per heavy atom. The number of carbonyl (C=O) groups is 1. The zero-order valence-electron chi connectivity index (χ0n) is 12.3. The van der Waals surface area contributed by atoms with Crippen LogP contribution in [0.2, 0.25) is 0 Å². The minimum absolute atomic E-state index is 0.270. The molecule has 0 atom stereocenters. The van der Waals surface area contributed by atoms with Gasteiger partial charge in [0.2, 0.25) is 0 Å². The van der Waals surface area contributed by atoms with E-state index in [2.05, 4.69) is 42.3 Å². The molecule has 1 aromatic heterocycles. The van der Waals surface area contributed by atoms with Crippen molar-refractivity contribution >= 4 is 43.6 Å². The maximum atomic E-state index is 13.7. The Bertz CT molecular complexity index is 895. The van der Waals surface area contributed by atoms with E-state index in [0.717, 1.165) is 4.47 Å². The molecular formula is C17H12Br2FN3O. The van der Waals surface area contributed by atoms with Crippen LogP contribution in [0.25, 0.3) is 0 Å². The normalized spacial score (nSPS) is 10.6. The van der Waals surface area contributed by atoms with Gasteiger partial charge in [-0.25, -0.2) is 4.39 Å². The number of halogens is 3. The number of carbonyl (C=O) groups excluding carboxylic acids is 1. The summed E-state index contributed by atoms with van der Waals surface area (Å²) in [6, 6.07) is 13.6. The summed E-state index contributed by atoms with van der Waals surface area (Å²) >= 11 is 6.70. The summed E-state index contributed by atoms with van der Waals surface area (Å²) in [6.45, 7) is 0.276. The van der Waals surface area contributed by atoms with Crippen molar-refractivity contribution in [2.24, 2.45) is 0 Å². The number of rotatable bonds is 4. The van der Waals surface area contributed by atoms with Crippen molar-refractivity contribution in [3.63, 3.8) is 0 Å². The molecule has 7 heteroatoms. The fourth-order valence-corrected chi connectivity index (χ4v) is 2.99. The highest BCUT2D eigenvalue weighted by atomic mass is 79.9.